The quantitative estimate of drug-likeness (QED) is 0.121. The fraction of sp³-hybridized carbons (Fsp3) is 0.412. The molecular weight excluding hydrogens is 488 g/mol. The Kier molecular flexibility index (Phi) is 13.3. The second-order valence-electron chi connectivity index (χ2n) is 10.6. The fourth-order valence-electron chi connectivity index (χ4n) is 4.41. The summed E-state index contributed by atoms with van der Waals surface area (Å²) in [4.78, 5) is 24.3. The number of aryl methyl sites for hydroxylation is 1. The van der Waals surface area contributed by atoms with E-state index in [0.717, 1.165) is 54.7 Å². The first-order valence-corrected chi connectivity index (χ1v) is 13.9. The van der Waals surface area contributed by atoms with Gasteiger partial charge in [-0.2, -0.15) is 0 Å². The Morgan fingerprint density at radius 3 is 2.03 bits per heavy atom. The molecule has 0 radical (unpaired) electrons. The molecule has 0 saturated carbocycles. The highest BCUT2D eigenvalue weighted by Crippen LogP contribution is 2.32. The molecule has 2 aromatic carbocycles. The van der Waals surface area contributed by atoms with E-state index in [1.54, 1.807) is 6.08 Å². The molecule has 2 N–H and O–H groups in total. The Morgan fingerprint density at radius 2 is 1.38 bits per heavy atom. The molecule has 0 saturated heterocycles. The number of aliphatic carboxylic acids is 2. The van der Waals surface area contributed by atoms with Crippen molar-refractivity contribution >= 4 is 11.9 Å². The Labute approximate surface area is 233 Å². The number of carboxylic acid groups (broad SMARTS) is 2. The number of benzene rings is 2. The third kappa shape index (κ3) is 11.4. The number of ether oxygens (including phenoxy) is 1. The molecule has 0 amide bonds. The van der Waals surface area contributed by atoms with E-state index in [1.807, 2.05) is 61.5 Å². The molecule has 0 heterocycles. The van der Waals surface area contributed by atoms with Gasteiger partial charge in [0.1, 0.15) is 11.5 Å². The van der Waals surface area contributed by atoms with Crippen LogP contribution >= 0.6 is 0 Å². The van der Waals surface area contributed by atoms with Crippen LogP contribution in [0.3, 0.4) is 0 Å². The standard InChI is InChI=1S/C34H44O5/c1-26(2)13-10-14-27(3)15-11-16-28(4)22-24-34(32(35)36,33(37)38)23-9-8-17-29-18-12-21-31(25-29)39-30-19-6-5-7-20-30/h5-7,12-13,15,18-22,25H,8-11,14,16-17,23-24H2,1-4H3,(H,35,36)(H,37,38)/b27-15+,28-22+. The van der Waals surface area contributed by atoms with Crippen molar-refractivity contribution in [3.05, 3.63) is 95.1 Å². The van der Waals surface area contributed by atoms with Crippen LogP contribution in [-0.2, 0) is 16.0 Å². The minimum absolute atomic E-state index is 0.00678. The van der Waals surface area contributed by atoms with E-state index in [1.165, 1.54) is 11.1 Å². The van der Waals surface area contributed by atoms with Crippen LogP contribution in [-0.4, -0.2) is 22.2 Å². The van der Waals surface area contributed by atoms with E-state index in [4.69, 9.17) is 4.74 Å². The smallest absolute Gasteiger partial charge is 0.321 e. The van der Waals surface area contributed by atoms with Crippen molar-refractivity contribution in [2.24, 2.45) is 5.41 Å². The summed E-state index contributed by atoms with van der Waals surface area (Å²) in [6.07, 6.45) is 12.0. The van der Waals surface area contributed by atoms with Crippen LogP contribution in [0.5, 0.6) is 11.5 Å². The minimum Gasteiger partial charge on any atom is -0.480 e. The maximum Gasteiger partial charge on any atom is 0.321 e. The number of para-hydroxylation sites is 1. The first-order chi connectivity index (χ1) is 18.6. The van der Waals surface area contributed by atoms with E-state index in [0.29, 0.717) is 12.8 Å². The van der Waals surface area contributed by atoms with Gasteiger partial charge < -0.3 is 14.9 Å². The second kappa shape index (κ2) is 16.4. The van der Waals surface area contributed by atoms with Crippen LogP contribution in [0.2, 0.25) is 0 Å². The van der Waals surface area contributed by atoms with Crippen LogP contribution in [0.15, 0.2) is 89.5 Å². The average molecular weight is 533 g/mol. The van der Waals surface area contributed by atoms with Crippen LogP contribution in [0.1, 0.15) is 84.6 Å². The molecule has 0 aliphatic carbocycles. The van der Waals surface area contributed by atoms with Crippen molar-refractivity contribution < 1.29 is 24.5 Å². The molecule has 0 aliphatic heterocycles. The lowest BCUT2D eigenvalue weighted by molar-refractivity contribution is -0.165. The van der Waals surface area contributed by atoms with Gasteiger partial charge in [-0.3, -0.25) is 9.59 Å². The first-order valence-electron chi connectivity index (χ1n) is 13.9. The van der Waals surface area contributed by atoms with Gasteiger partial charge in [-0.1, -0.05) is 71.7 Å². The zero-order chi connectivity index (χ0) is 28.7. The topological polar surface area (TPSA) is 83.8 Å². The lowest BCUT2D eigenvalue weighted by Crippen LogP contribution is -2.39. The molecule has 39 heavy (non-hydrogen) atoms. The van der Waals surface area contributed by atoms with Crippen molar-refractivity contribution in [2.45, 2.75) is 85.5 Å². The van der Waals surface area contributed by atoms with Crippen LogP contribution in [0.4, 0.5) is 0 Å². The predicted molar refractivity (Wildman–Crippen MR) is 158 cm³/mol. The lowest BCUT2D eigenvalue weighted by Gasteiger charge is -2.24. The number of hydrogen-bond acceptors (Lipinski definition) is 3. The summed E-state index contributed by atoms with van der Waals surface area (Å²) >= 11 is 0. The van der Waals surface area contributed by atoms with Gasteiger partial charge in [-0.15, -0.1) is 0 Å². The number of allylic oxidation sites excluding steroid dienone is 6. The predicted octanol–water partition coefficient (Wildman–Crippen LogP) is 9.16. The number of carboxylic acids is 2. The van der Waals surface area contributed by atoms with Crippen LogP contribution in [0.25, 0.3) is 0 Å². The molecule has 0 atom stereocenters. The summed E-state index contributed by atoms with van der Waals surface area (Å²) in [7, 11) is 0. The molecule has 210 valence electrons. The second-order valence-corrected chi connectivity index (χ2v) is 10.6. The third-order valence-electron chi connectivity index (χ3n) is 6.94. The van der Waals surface area contributed by atoms with Gasteiger partial charge in [0, 0.05) is 0 Å². The summed E-state index contributed by atoms with van der Waals surface area (Å²) in [5.41, 5.74) is 2.94. The van der Waals surface area contributed by atoms with Crippen molar-refractivity contribution in [1.29, 1.82) is 0 Å². The van der Waals surface area contributed by atoms with E-state index in [2.05, 4.69) is 32.9 Å². The summed E-state index contributed by atoms with van der Waals surface area (Å²) in [6, 6.07) is 17.4. The highest BCUT2D eigenvalue weighted by Gasteiger charge is 2.45. The third-order valence-corrected chi connectivity index (χ3v) is 6.94. The Morgan fingerprint density at radius 1 is 0.769 bits per heavy atom. The molecule has 0 spiro atoms. The Bertz CT molecular complexity index is 1140. The zero-order valence-electron chi connectivity index (χ0n) is 23.9. The number of unbranched alkanes of at least 4 members (excludes halogenated alkanes) is 1. The molecule has 0 aromatic heterocycles. The monoisotopic (exact) mass is 532 g/mol. The van der Waals surface area contributed by atoms with Crippen molar-refractivity contribution in [1.82, 2.24) is 0 Å². The lowest BCUT2D eigenvalue weighted by atomic mass is 9.78. The first kappa shape index (κ1) is 31.6. The number of carbonyl (C=O) groups is 2. The van der Waals surface area contributed by atoms with Gasteiger partial charge in [0.05, 0.1) is 0 Å². The highest BCUT2D eigenvalue weighted by atomic mass is 16.5. The SMILES string of the molecule is CC(C)=CCC/C(C)=C/CC/C(C)=C/CC(CCCCc1cccc(Oc2ccccc2)c1)(C(=O)O)C(=O)O. The summed E-state index contributed by atoms with van der Waals surface area (Å²) in [5.74, 6) is -1.04. The molecule has 0 aliphatic rings. The van der Waals surface area contributed by atoms with E-state index >= 15 is 0 Å². The average Bonchev–Trinajstić information content (AvgIpc) is 2.88. The van der Waals surface area contributed by atoms with Crippen LogP contribution < -0.4 is 4.74 Å². The molecule has 0 fully saturated rings. The molecule has 5 nitrogen and oxygen atoms in total. The van der Waals surface area contributed by atoms with E-state index < -0.39 is 17.4 Å². The molecule has 0 bridgehead atoms. The van der Waals surface area contributed by atoms with Gasteiger partial charge in [0.15, 0.2) is 5.41 Å². The summed E-state index contributed by atoms with van der Waals surface area (Å²) in [5, 5.41) is 19.9. The fourth-order valence-corrected chi connectivity index (χ4v) is 4.41. The maximum atomic E-state index is 12.2. The van der Waals surface area contributed by atoms with E-state index in [-0.39, 0.29) is 12.8 Å². The maximum absolute atomic E-state index is 12.2. The van der Waals surface area contributed by atoms with Crippen molar-refractivity contribution in [3.63, 3.8) is 0 Å². The van der Waals surface area contributed by atoms with Gasteiger partial charge in [-0.05, 0) is 109 Å². The minimum atomic E-state index is -1.81. The largest absolute Gasteiger partial charge is 0.480 e. The highest BCUT2D eigenvalue weighted by molar-refractivity contribution is 5.98. The van der Waals surface area contributed by atoms with E-state index in [9.17, 15) is 19.8 Å². The number of rotatable bonds is 17. The molecular formula is C34H44O5. The summed E-state index contributed by atoms with van der Waals surface area (Å²) < 4.78 is 5.90. The normalized spacial score (nSPS) is 12.2. The molecule has 5 heteroatoms. The van der Waals surface area contributed by atoms with Gasteiger partial charge in [0.25, 0.3) is 0 Å². The Balaban J connectivity index is 1.91. The van der Waals surface area contributed by atoms with Gasteiger partial charge in [0.2, 0.25) is 0 Å². The molecule has 2 aromatic rings. The molecule has 0 unspecified atom stereocenters. The number of hydrogen-bond donors (Lipinski definition) is 2. The van der Waals surface area contributed by atoms with Gasteiger partial charge >= 0.3 is 11.9 Å². The van der Waals surface area contributed by atoms with Crippen molar-refractivity contribution in [2.75, 3.05) is 0 Å². The van der Waals surface area contributed by atoms with Crippen molar-refractivity contribution in [3.8, 4) is 11.5 Å². The zero-order valence-corrected chi connectivity index (χ0v) is 23.9. The molecule has 2 rings (SSSR count). The van der Waals surface area contributed by atoms with Gasteiger partial charge in [-0.25, -0.2) is 0 Å². The van der Waals surface area contributed by atoms with Crippen LogP contribution in [0, 0.1) is 5.41 Å². The Hall–Kier alpha value is -3.60. The summed E-state index contributed by atoms with van der Waals surface area (Å²) in [6.45, 7) is 8.28.